The highest BCUT2D eigenvalue weighted by molar-refractivity contribution is 5.78. The van der Waals surface area contributed by atoms with Gasteiger partial charge in [-0.3, -0.25) is 0 Å². The molecule has 1 saturated carbocycles. The molecule has 0 spiro atoms. The molecule has 2 aromatic rings. The second-order valence-corrected chi connectivity index (χ2v) is 5.44. The van der Waals surface area contributed by atoms with Gasteiger partial charge < -0.3 is 15.3 Å². The fourth-order valence-corrected chi connectivity index (χ4v) is 2.76. The van der Waals surface area contributed by atoms with Gasteiger partial charge >= 0.3 is 5.69 Å². The predicted molar refractivity (Wildman–Crippen MR) is 74.0 cm³/mol. The molecule has 0 atom stereocenters. The summed E-state index contributed by atoms with van der Waals surface area (Å²) in [7, 11) is 0. The summed E-state index contributed by atoms with van der Waals surface area (Å²) in [6.07, 6.45) is 5.09. The van der Waals surface area contributed by atoms with E-state index in [-0.39, 0.29) is 5.69 Å². The Morgan fingerprint density at radius 3 is 2.61 bits per heavy atom. The average Bonchev–Trinajstić information content (AvgIpc) is 2.71. The second-order valence-electron chi connectivity index (χ2n) is 5.44. The number of aromatic nitrogens is 2. The summed E-state index contributed by atoms with van der Waals surface area (Å²) in [5.74, 6) is 0.867. The van der Waals surface area contributed by atoms with E-state index in [0.29, 0.717) is 6.04 Å². The van der Waals surface area contributed by atoms with Crippen molar-refractivity contribution in [3.05, 3.63) is 28.7 Å². The van der Waals surface area contributed by atoms with Crippen LogP contribution in [0.3, 0.4) is 0 Å². The number of aromatic amines is 2. The highest BCUT2D eigenvalue weighted by atomic mass is 16.1. The number of hydrogen-bond acceptors (Lipinski definition) is 2. The summed E-state index contributed by atoms with van der Waals surface area (Å²) in [6.45, 7) is 2.33. The first-order valence-corrected chi connectivity index (χ1v) is 6.69. The van der Waals surface area contributed by atoms with Crippen molar-refractivity contribution in [2.24, 2.45) is 5.92 Å². The summed E-state index contributed by atoms with van der Waals surface area (Å²) >= 11 is 0. The quantitative estimate of drug-likeness (QED) is 0.762. The smallest absolute Gasteiger partial charge is 0.323 e. The van der Waals surface area contributed by atoms with Crippen molar-refractivity contribution >= 4 is 16.7 Å². The van der Waals surface area contributed by atoms with Crippen LogP contribution in [0.15, 0.2) is 23.0 Å². The lowest BCUT2D eigenvalue weighted by molar-refractivity contribution is 0.361. The van der Waals surface area contributed by atoms with Gasteiger partial charge in [-0.1, -0.05) is 6.92 Å². The molecule has 3 N–H and O–H groups in total. The third-order valence-electron chi connectivity index (χ3n) is 3.90. The van der Waals surface area contributed by atoms with Crippen LogP contribution in [0.25, 0.3) is 11.0 Å². The van der Waals surface area contributed by atoms with E-state index in [2.05, 4.69) is 22.2 Å². The normalized spacial score (nSPS) is 24.3. The largest absolute Gasteiger partial charge is 0.382 e. The number of nitrogens with one attached hydrogen (secondary N) is 3. The van der Waals surface area contributed by atoms with Crippen molar-refractivity contribution in [2.75, 3.05) is 5.32 Å². The van der Waals surface area contributed by atoms with Crippen molar-refractivity contribution in [2.45, 2.75) is 38.6 Å². The van der Waals surface area contributed by atoms with Crippen LogP contribution in [-0.4, -0.2) is 16.0 Å². The highest BCUT2D eigenvalue weighted by Crippen LogP contribution is 2.26. The zero-order chi connectivity index (χ0) is 12.5. The van der Waals surface area contributed by atoms with Crippen LogP contribution in [-0.2, 0) is 0 Å². The topological polar surface area (TPSA) is 60.7 Å². The molecule has 3 rings (SSSR count). The number of hydrogen-bond donors (Lipinski definition) is 3. The first-order valence-electron chi connectivity index (χ1n) is 6.69. The minimum absolute atomic E-state index is 0.145. The average molecular weight is 245 g/mol. The third kappa shape index (κ3) is 2.28. The maximum absolute atomic E-state index is 11.2. The van der Waals surface area contributed by atoms with E-state index in [1.54, 1.807) is 0 Å². The van der Waals surface area contributed by atoms with Gasteiger partial charge in [-0.2, -0.15) is 0 Å². The Kier molecular flexibility index (Phi) is 2.86. The third-order valence-corrected chi connectivity index (χ3v) is 3.90. The number of fused-ring (bicyclic) bond motifs is 1. The maximum Gasteiger partial charge on any atom is 0.323 e. The van der Waals surface area contributed by atoms with Crippen LogP contribution in [0.1, 0.15) is 32.6 Å². The molecular weight excluding hydrogens is 226 g/mol. The molecule has 1 aromatic heterocycles. The summed E-state index contributed by atoms with van der Waals surface area (Å²) in [5.41, 5.74) is 2.68. The fourth-order valence-electron chi connectivity index (χ4n) is 2.76. The molecule has 1 aliphatic rings. The molecule has 0 bridgehead atoms. The van der Waals surface area contributed by atoms with Gasteiger partial charge in [0.2, 0.25) is 0 Å². The van der Waals surface area contributed by atoms with Gasteiger partial charge in [-0.25, -0.2) is 4.79 Å². The SMILES string of the molecule is CC1CCC(Nc2ccc3[nH]c(=O)[nH]c3c2)CC1. The number of imidazole rings is 1. The molecule has 0 aliphatic heterocycles. The van der Waals surface area contributed by atoms with E-state index in [0.717, 1.165) is 22.6 Å². The van der Waals surface area contributed by atoms with Gasteiger partial charge in [-0.15, -0.1) is 0 Å². The van der Waals surface area contributed by atoms with Crippen molar-refractivity contribution < 1.29 is 0 Å². The Morgan fingerprint density at radius 2 is 1.83 bits per heavy atom. The Bertz CT molecular complexity index is 590. The van der Waals surface area contributed by atoms with Crippen LogP contribution >= 0.6 is 0 Å². The highest BCUT2D eigenvalue weighted by Gasteiger charge is 2.17. The Labute approximate surface area is 106 Å². The molecule has 4 nitrogen and oxygen atoms in total. The predicted octanol–water partition coefficient (Wildman–Crippen LogP) is 2.85. The minimum Gasteiger partial charge on any atom is -0.382 e. The van der Waals surface area contributed by atoms with E-state index >= 15 is 0 Å². The first kappa shape index (κ1) is 11.4. The molecule has 1 fully saturated rings. The van der Waals surface area contributed by atoms with E-state index in [1.165, 1.54) is 25.7 Å². The van der Waals surface area contributed by atoms with Crippen LogP contribution in [0.5, 0.6) is 0 Å². The number of anilines is 1. The number of benzene rings is 1. The van der Waals surface area contributed by atoms with Gasteiger partial charge in [0.05, 0.1) is 11.0 Å². The fraction of sp³-hybridized carbons (Fsp3) is 0.500. The van der Waals surface area contributed by atoms with Crippen LogP contribution in [0, 0.1) is 5.92 Å². The molecule has 4 heteroatoms. The van der Waals surface area contributed by atoms with E-state index in [9.17, 15) is 4.79 Å². The van der Waals surface area contributed by atoms with Crippen molar-refractivity contribution in [3.63, 3.8) is 0 Å². The van der Waals surface area contributed by atoms with Crippen molar-refractivity contribution in [3.8, 4) is 0 Å². The first-order chi connectivity index (χ1) is 8.70. The summed E-state index contributed by atoms with van der Waals surface area (Å²) in [5, 5.41) is 3.57. The Hall–Kier alpha value is -1.71. The maximum atomic E-state index is 11.2. The number of H-pyrrole nitrogens is 2. The lowest BCUT2D eigenvalue weighted by Gasteiger charge is -2.27. The standard InChI is InChI=1S/C14H19N3O/c1-9-2-4-10(5-3-9)15-11-6-7-12-13(8-11)17-14(18)16-12/h6-10,15H,2-5H2,1H3,(H2,16,17,18). The van der Waals surface area contributed by atoms with E-state index < -0.39 is 0 Å². The second kappa shape index (κ2) is 4.52. The zero-order valence-corrected chi connectivity index (χ0v) is 10.6. The monoisotopic (exact) mass is 245 g/mol. The molecule has 1 aliphatic carbocycles. The van der Waals surface area contributed by atoms with Gasteiger partial charge in [0, 0.05) is 11.7 Å². The summed E-state index contributed by atoms with van der Waals surface area (Å²) in [6, 6.07) is 6.56. The Morgan fingerprint density at radius 1 is 1.11 bits per heavy atom. The zero-order valence-electron chi connectivity index (χ0n) is 10.6. The van der Waals surface area contributed by atoms with Gasteiger partial charge in [0.1, 0.15) is 0 Å². The molecule has 0 radical (unpaired) electrons. The molecule has 0 unspecified atom stereocenters. The van der Waals surface area contributed by atoms with Crippen molar-refractivity contribution in [1.82, 2.24) is 9.97 Å². The van der Waals surface area contributed by atoms with E-state index in [1.807, 2.05) is 18.2 Å². The van der Waals surface area contributed by atoms with Gasteiger partial charge in [0.15, 0.2) is 0 Å². The number of rotatable bonds is 2. The minimum atomic E-state index is -0.145. The molecular formula is C14H19N3O. The molecule has 1 aromatic carbocycles. The molecule has 18 heavy (non-hydrogen) atoms. The summed E-state index contributed by atoms with van der Waals surface area (Å²) < 4.78 is 0. The van der Waals surface area contributed by atoms with Crippen LogP contribution in [0.2, 0.25) is 0 Å². The van der Waals surface area contributed by atoms with Gasteiger partial charge in [0.25, 0.3) is 0 Å². The Balaban J connectivity index is 1.76. The lowest BCUT2D eigenvalue weighted by atomic mass is 9.87. The summed E-state index contributed by atoms with van der Waals surface area (Å²) in [4.78, 5) is 16.7. The lowest BCUT2D eigenvalue weighted by Crippen LogP contribution is -2.25. The molecule has 1 heterocycles. The molecule has 0 saturated heterocycles. The van der Waals surface area contributed by atoms with Crippen LogP contribution < -0.4 is 11.0 Å². The molecule has 96 valence electrons. The van der Waals surface area contributed by atoms with E-state index in [4.69, 9.17) is 0 Å². The van der Waals surface area contributed by atoms with Crippen LogP contribution in [0.4, 0.5) is 5.69 Å². The van der Waals surface area contributed by atoms with Crippen molar-refractivity contribution in [1.29, 1.82) is 0 Å². The molecule has 0 amide bonds. The van der Waals surface area contributed by atoms with Gasteiger partial charge in [-0.05, 0) is 49.8 Å².